The van der Waals surface area contributed by atoms with Crippen LogP contribution in [0.1, 0.15) is 36.1 Å². The van der Waals surface area contributed by atoms with Gasteiger partial charge in [0, 0.05) is 35.9 Å². The molecule has 27 heavy (non-hydrogen) atoms. The number of hydrogen-bond donors (Lipinski definition) is 0. The summed E-state index contributed by atoms with van der Waals surface area (Å²) in [6, 6.07) is 3.99. The van der Waals surface area contributed by atoms with Gasteiger partial charge in [0.05, 0.1) is 18.6 Å². The third-order valence-electron chi connectivity index (χ3n) is 5.53. The van der Waals surface area contributed by atoms with Gasteiger partial charge in [-0.05, 0) is 43.4 Å². The Kier molecular flexibility index (Phi) is 4.76. The first-order chi connectivity index (χ1) is 13.4. The molecule has 1 aliphatic carbocycles. The van der Waals surface area contributed by atoms with Gasteiger partial charge in [0.2, 0.25) is 0 Å². The number of rotatable bonds is 2. The van der Waals surface area contributed by atoms with Crippen molar-refractivity contribution in [3.05, 3.63) is 35.0 Å². The second-order valence-electron chi connectivity index (χ2n) is 7.31. The first-order valence-corrected chi connectivity index (χ1v) is 10.8. The zero-order valence-electron chi connectivity index (χ0n) is 15.5. The Hall–Kier alpha value is -2.05. The Morgan fingerprint density at radius 2 is 1.85 bits per heavy atom. The van der Waals surface area contributed by atoms with Gasteiger partial charge in [0.1, 0.15) is 10.6 Å². The largest absolute Gasteiger partial charge is 0.378 e. The Balaban J connectivity index is 1.71. The maximum atomic E-state index is 5.59. The van der Waals surface area contributed by atoms with Crippen molar-refractivity contribution in [3.8, 4) is 11.4 Å². The molecule has 0 aromatic carbocycles. The van der Waals surface area contributed by atoms with E-state index in [-0.39, 0.29) is 0 Å². The molecular formula is C21H24N4OS. The van der Waals surface area contributed by atoms with Crippen molar-refractivity contribution in [2.24, 2.45) is 0 Å². The smallest absolute Gasteiger partial charge is 0.164 e. The molecule has 0 unspecified atom stereocenters. The number of fused-ring (bicyclic) bond motifs is 3. The van der Waals surface area contributed by atoms with Crippen LogP contribution < -0.4 is 4.90 Å². The van der Waals surface area contributed by atoms with E-state index in [2.05, 4.69) is 9.88 Å². The van der Waals surface area contributed by atoms with Gasteiger partial charge >= 0.3 is 0 Å². The van der Waals surface area contributed by atoms with E-state index in [0.717, 1.165) is 54.8 Å². The van der Waals surface area contributed by atoms with Crippen LogP contribution in [0.4, 0.5) is 5.82 Å². The van der Waals surface area contributed by atoms with E-state index >= 15 is 0 Å². The standard InChI is InChI=1S/C21H24N4OS/c1-2-4-8-17-16(7-3-1)18-20(25-10-12-26-13-11-25)23-19(24-21(18)27-17)15-6-5-9-22-14-15/h5-6,9,14H,1-4,7-8,10-13H2. The van der Waals surface area contributed by atoms with Crippen LogP contribution in [-0.4, -0.2) is 41.3 Å². The summed E-state index contributed by atoms with van der Waals surface area (Å²) in [6.07, 6.45) is 11.2. The fraction of sp³-hybridized carbons (Fsp3) is 0.476. The summed E-state index contributed by atoms with van der Waals surface area (Å²) < 4.78 is 5.59. The topological polar surface area (TPSA) is 51.1 Å². The maximum Gasteiger partial charge on any atom is 0.164 e. The zero-order valence-corrected chi connectivity index (χ0v) is 16.3. The van der Waals surface area contributed by atoms with E-state index < -0.39 is 0 Å². The molecule has 1 aliphatic heterocycles. The lowest BCUT2D eigenvalue weighted by atomic mass is 9.97. The van der Waals surface area contributed by atoms with Gasteiger partial charge in [-0.15, -0.1) is 11.3 Å². The van der Waals surface area contributed by atoms with Crippen molar-refractivity contribution < 1.29 is 4.74 Å². The van der Waals surface area contributed by atoms with E-state index in [9.17, 15) is 0 Å². The van der Waals surface area contributed by atoms with Gasteiger partial charge in [-0.1, -0.05) is 12.8 Å². The van der Waals surface area contributed by atoms with Crippen LogP contribution in [0.25, 0.3) is 21.6 Å². The number of hydrogen-bond acceptors (Lipinski definition) is 6. The van der Waals surface area contributed by atoms with Crippen molar-refractivity contribution >= 4 is 27.4 Å². The molecule has 0 bridgehead atoms. The Labute approximate surface area is 163 Å². The van der Waals surface area contributed by atoms with Crippen LogP contribution >= 0.6 is 11.3 Å². The molecule has 2 aliphatic rings. The molecule has 5 rings (SSSR count). The van der Waals surface area contributed by atoms with E-state index in [1.807, 2.05) is 29.7 Å². The molecule has 0 N–H and O–H groups in total. The van der Waals surface area contributed by atoms with Gasteiger partial charge in [0.15, 0.2) is 5.82 Å². The number of thiophene rings is 1. The van der Waals surface area contributed by atoms with E-state index in [0.29, 0.717) is 0 Å². The quantitative estimate of drug-likeness (QED) is 0.665. The maximum absolute atomic E-state index is 5.59. The fourth-order valence-corrected chi connectivity index (χ4v) is 5.38. The number of pyridine rings is 1. The second-order valence-corrected chi connectivity index (χ2v) is 8.39. The molecule has 0 spiro atoms. The highest BCUT2D eigenvalue weighted by atomic mass is 32.1. The lowest BCUT2D eigenvalue weighted by Gasteiger charge is -2.29. The van der Waals surface area contributed by atoms with Gasteiger partial charge in [-0.25, -0.2) is 9.97 Å². The van der Waals surface area contributed by atoms with E-state index in [1.165, 1.54) is 47.9 Å². The van der Waals surface area contributed by atoms with Crippen molar-refractivity contribution in [3.63, 3.8) is 0 Å². The summed E-state index contributed by atoms with van der Waals surface area (Å²) >= 11 is 1.88. The SMILES string of the molecule is c1cncc(-c2nc(N3CCOCC3)c3c4c(sc3n2)CCCCCC4)c1. The van der Waals surface area contributed by atoms with Crippen molar-refractivity contribution in [2.75, 3.05) is 31.2 Å². The van der Waals surface area contributed by atoms with Crippen molar-refractivity contribution in [1.82, 2.24) is 15.0 Å². The first-order valence-electron chi connectivity index (χ1n) is 9.95. The highest BCUT2D eigenvalue weighted by molar-refractivity contribution is 7.19. The summed E-state index contributed by atoms with van der Waals surface area (Å²) in [5.41, 5.74) is 2.49. The predicted octanol–water partition coefficient (Wildman–Crippen LogP) is 4.25. The lowest BCUT2D eigenvalue weighted by Crippen LogP contribution is -2.37. The molecule has 1 fully saturated rings. The minimum Gasteiger partial charge on any atom is -0.378 e. The monoisotopic (exact) mass is 380 g/mol. The summed E-state index contributed by atoms with van der Waals surface area (Å²) in [4.78, 5) is 19.3. The third kappa shape index (κ3) is 3.32. The molecule has 140 valence electrons. The molecule has 0 atom stereocenters. The zero-order chi connectivity index (χ0) is 18.1. The highest BCUT2D eigenvalue weighted by Crippen LogP contribution is 2.40. The number of nitrogens with zero attached hydrogens (tertiary/aromatic N) is 4. The van der Waals surface area contributed by atoms with Gasteiger partial charge in [0.25, 0.3) is 0 Å². The molecule has 1 saturated heterocycles. The molecule has 6 heteroatoms. The second kappa shape index (κ2) is 7.52. The number of aryl methyl sites for hydroxylation is 2. The fourth-order valence-electron chi connectivity index (χ4n) is 4.12. The van der Waals surface area contributed by atoms with Crippen LogP contribution in [0, 0.1) is 0 Å². The average Bonchev–Trinajstić information content (AvgIpc) is 3.05. The lowest BCUT2D eigenvalue weighted by molar-refractivity contribution is 0.122. The highest BCUT2D eigenvalue weighted by Gasteiger charge is 2.24. The molecule has 5 nitrogen and oxygen atoms in total. The minimum atomic E-state index is 0.764. The summed E-state index contributed by atoms with van der Waals surface area (Å²) in [7, 11) is 0. The molecular weight excluding hydrogens is 356 g/mol. The van der Waals surface area contributed by atoms with Crippen LogP contribution in [0.15, 0.2) is 24.5 Å². The van der Waals surface area contributed by atoms with E-state index in [1.54, 1.807) is 6.20 Å². The predicted molar refractivity (Wildman–Crippen MR) is 110 cm³/mol. The average molecular weight is 381 g/mol. The normalized spacial score (nSPS) is 18.1. The summed E-state index contributed by atoms with van der Waals surface area (Å²) in [6.45, 7) is 3.31. The number of ether oxygens (including phenoxy) is 1. The van der Waals surface area contributed by atoms with Crippen LogP contribution in [0.5, 0.6) is 0 Å². The van der Waals surface area contributed by atoms with Crippen molar-refractivity contribution in [2.45, 2.75) is 38.5 Å². The summed E-state index contributed by atoms with van der Waals surface area (Å²) in [5.74, 6) is 1.88. The molecule has 0 saturated carbocycles. The van der Waals surface area contributed by atoms with Gasteiger partial charge < -0.3 is 9.64 Å². The Morgan fingerprint density at radius 3 is 2.67 bits per heavy atom. The van der Waals surface area contributed by atoms with Crippen LogP contribution in [-0.2, 0) is 17.6 Å². The molecule has 3 aromatic heterocycles. The molecule has 0 radical (unpaired) electrons. The van der Waals surface area contributed by atoms with E-state index in [4.69, 9.17) is 14.7 Å². The third-order valence-corrected chi connectivity index (χ3v) is 6.71. The minimum absolute atomic E-state index is 0.764. The summed E-state index contributed by atoms with van der Waals surface area (Å²) in [5, 5.41) is 1.30. The molecule has 0 amide bonds. The Bertz CT molecular complexity index is 934. The molecule has 3 aromatic rings. The van der Waals surface area contributed by atoms with Gasteiger partial charge in [-0.2, -0.15) is 0 Å². The number of morpholine rings is 1. The molecule has 4 heterocycles. The Morgan fingerprint density at radius 1 is 1.00 bits per heavy atom. The number of anilines is 1. The van der Waals surface area contributed by atoms with Crippen LogP contribution in [0.3, 0.4) is 0 Å². The first kappa shape index (κ1) is 17.1. The number of aromatic nitrogens is 3. The van der Waals surface area contributed by atoms with Crippen molar-refractivity contribution in [1.29, 1.82) is 0 Å². The van der Waals surface area contributed by atoms with Crippen LogP contribution in [0.2, 0.25) is 0 Å². The van der Waals surface area contributed by atoms with Gasteiger partial charge in [-0.3, -0.25) is 4.98 Å².